The second-order valence-electron chi connectivity index (χ2n) is 4.00. The molecule has 0 saturated carbocycles. The highest BCUT2D eigenvalue weighted by Crippen LogP contribution is 2.13. The van der Waals surface area contributed by atoms with Crippen molar-refractivity contribution in [1.82, 2.24) is 4.90 Å². The lowest BCUT2D eigenvalue weighted by atomic mass is 10.1. The topological polar surface area (TPSA) is 32.3 Å². The smallest absolute Gasteiger partial charge is 0.253 e. The maximum absolute atomic E-state index is 12.1. The summed E-state index contributed by atoms with van der Waals surface area (Å²) in [6.45, 7) is 4.14. The summed E-state index contributed by atoms with van der Waals surface area (Å²) in [6.07, 6.45) is 0.966. The minimum Gasteiger partial charge on any atom is -0.388 e. The van der Waals surface area contributed by atoms with Crippen LogP contribution < -0.4 is 5.32 Å². The highest BCUT2D eigenvalue weighted by molar-refractivity contribution is 5.95. The Labute approximate surface area is 97.5 Å². The molecule has 1 unspecified atom stereocenters. The quantitative estimate of drug-likeness (QED) is 0.846. The average molecular weight is 220 g/mol. The minimum atomic E-state index is 0.0754. The van der Waals surface area contributed by atoms with Crippen molar-refractivity contribution in [3.8, 4) is 0 Å². The molecule has 1 N–H and O–H groups in total. The molecule has 0 aliphatic carbocycles. The maximum Gasteiger partial charge on any atom is 0.253 e. The molecule has 1 amide bonds. The Kier molecular flexibility index (Phi) is 4.35. The first-order valence-electron chi connectivity index (χ1n) is 5.65. The van der Waals surface area contributed by atoms with Crippen molar-refractivity contribution in [2.24, 2.45) is 0 Å². The lowest BCUT2D eigenvalue weighted by Gasteiger charge is -2.24. The van der Waals surface area contributed by atoms with E-state index in [1.165, 1.54) is 0 Å². The zero-order valence-electron chi connectivity index (χ0n) is 10.4. The molecule has 1 rings (SSSR count). The standard InChI is InChI=1S/C13H20N2O/c1-5-10(2)15(4)13(16)11-7-6-8-12(9-11)14-3/h6-10,14H,5H2,1-4H3. The molecular weight excluding hydrogens is 200 g/mol. The molecule has 3 nitrogen and oxygen atoms in total. The first kappa shape index (κ1) is 12.6. The van der Waals surface area contributed by atoms with Gasteiger partial charge in [0.15, 0.2) is 0 Å². The first-order valence-corrected chi connectivity index (χ1v) is 5.65. The lowest BCUT2D eigenvalue weighted by molar-refractivity contribution is 0.0740. The third kappa shape index (κ3) is 2.75. The summed E-state index contributed by atoms with van der Waals surface area (Å²) in [5.74, 6) is 0.0754. The van der Waals surface area contributed by atoms with Crippen molar-refractivity contribution in [2.75, 3.05) is 19.4 Å². The van der Waals surface area contributed by atoms with E-state index in [4.69, 9.17) is 0 Å². The van der Waals surface area contributed by atoms with Crippen molar-refractivity contribution in [3.63, 3.8) is 0 Å². The lowest BCUT2D eigenvalue weighted by Crippen LogP contribution is -2.34. The fourth-order valence-corrected chi connectivity index (χ4v) is 1.49. The normalized spacial score (nSPS) is 12.0. The number of carbonyl (C=O) groups is 1. The van der Waals surface area contributed by atoms with Crippen LogP contribution in [-0.4, -0.2) is 30.9 Å². The van der Waals surface area contributed by atoms with Crippen LogP contribution in [0.5, 0.6) is 0 Å². The molecule has 0 aliphatic heterocycles. The average Bonchev–Trinajstić information content (AvgIpc) is 2.36. The van der Waals surface area contributed by atoms with Gasteiger partial charge >= 0.3 is 0 Å². The van der Waals surface area contributed by atoms with Crippen molar-refractivity contribution in [3.05, 3.63) is 29.8 Å². The van der Waals surface area contributed by atoms with Gasteiger partial charge in [-0.2, -0.15) is 0 Å². The molecule has 1 aromatic carbocycles. The van der Waals surface area contributed by atoms with E-state index in [9.17, 15) is 4.79 Å². The molecule has 16 heavy (non-hydrogen) atoms. The van der Waals surface area contributed by atoms with Gasteiger partial charge in [-0.05, 0) is 31.5 Å². The van der Waals surface area contributed by atoms with Crippen LogP contribution >= 0.6 is 0 Å². The number of hydrogen-bond donors (Lipinski definition) is 1. The Morgan fingerprint density at radius 3 is 2.75 bits per heavy atom. The molecule has 0 heterocycles. The van der Waals surface area contributed by atoms with Gasteiger partial charge in [-0.15, -0.1) is 0 Å². The van der Waals surface area contributed by atoms with Crippen LogP contribution in [0.2, 0.25) is 0 Å². The van der Waals surface area contributed by atoms with E-state index in [-0.39, 0.29) is 11.9 Å². The summed E-state index contributed by atoms with van der Waals surface area (Å²) in [4.78, 5) is 13.9. The Morgan fingerprint density at radius 2 is 2.19 bits per heavy atom. The number of nitrogens with one attached hydrogen (secondary N) is 1. The highest BCUT2D eigenvalue weighted by atomic mass is 16.2. The Hall–Kier alpha value is -1.51. The zero-order chi connectivity index (χ0) is 12.1. The van der Waals surface area contributed by atoms with E-state index >= 15 is 0 Å². The van der Waals surface area contributed by atoms with E-state index in [1.807, 2.05) is 38.4 Å². The number of hydrogen-bond acceptors (Lipinski definition) is 2. The molecular formula is C13H20N2O. The molecule has 0 fully saturated rings. The summed E-state index contributed by atoms with van der Waals surface area (Å²) in [7, 11) is 3.70. The number of benzene rings is 1. The molecule has 0 spiro atoms. The number of nitrogens with zero attached hydrogens (tertiary/aromatic N) is 1. The SMILES string of the molecule is CCC(C)N(C)C(=O)c1cccc(NC)c1. The Morgan fingerprint density at radius 1 is 1.50 bits per heavy atom. The van der Waals surface area contributed by atoms with E-state index in [1.54, 1.807) is 4.90 Å². The molecule has 3 heteroatoms. The minimum absolute atomic E-state index is 0.0754. The molecule has 88 valence electrons. The highest BCUT2D eigenvalue weighted by Gasteiger charge is 2.15. The fourth-order valence-electron chi connectivity index (χ4n) is 1.49. The van der Waals surface area contributed by atoms with Crippen molar-refractivity contribution in [1.29, 1.82) is 0 Å². The summed E-state index contributed by atoms with van der Waals surface area (Å²) in [6, 6.07) is 7.83. The van der Waals surface area contributed by atoms with Gasteiger partial charge in [0.25, 0.3) is 5.91 Å². The summed E-state index contributed by atoms with van der Waals surface area (Å²) in [5.41, 5.74) is 1.69. The first-order chi connectivity index (χ1) is 7.60. The summed E-state index contributed by atoms with van der Waals surface area (Å²) >= 11 is 0. The molecule has 0 saturated heterocycles. The second kappa shape index (κ2) is 5.54. The predicted octanol–water partition coefficient (Wildman–Crippen LogP) is 2.60. The van der Waals surface area contributed by atoms with Crippen LogP contribution in [0.15, 0.2) is 24.3 Å². The van der Waals surface area contributed by atoms with Crippen LogP contribution in [0, 0.1) is 0 Å². The summed E-state index contributed by atoms with van der Waals surface area (Å²) in [5, 5.41) is 3.03. The van der Waals surface area contributed by atoms with E-state index in [0.29, 0.717) is 0 Å². The van der Waals surface area contributed by atoms with Crippen molar-refractivity contribution < 1.29 is 4.79 Å². The van der Waals surface area contributed by atoms with E-state index < -0.39 is 0 Å². The largest absolute Gasteiger partial charge is 0.388 e. The number of amides is 1. The molecule has 0 bridgehead atoms. The van der Waals surface area contributed by atoms with Gasteiger partial charge in [-0.25, -0.2) is 0 Å². The van der Waals surface area contributed by atoms with Gasteiger partial charge in [0.1, 0.15) is 0 Å². The van der Waals surface area contributed by atoms with Crippen LogP contribution in [0.4, 0.5) is 5.69 Å². The van der Waals surface area contributed by atoms with Crippen LogP contribution in [0.1, 0.15) is 30.6 Å². The predicted molar refractivity (Wildman–Crippen MR) is 67.8 cm³/mol. The van der Waals surface area contributed by atoms with Gasteiger partial charge in [-0.1, -0.05) is 13.0 Å². The van der Waals surface area contributed by atoms with Gasteiger partial charge in [-0.3, -0.25) is 4.79 Å². The van der Waals surface area contributed by atoms with Crippen LogP contribution in [0.3, 0.4) is 0 Å². The molecule has 0 aromatic heterocycles. The number of carbonyl (C=O) groups excluding carboxylic acids is 1. The van der Waals surface area contributed by atoms with E-state index in [0.717, 1.165) is 17.7 Å². The molecule has 0 aliphatic rings. The Balaban J connectivity index is 2.87. The van der Waals surface area contributed by atoms with Crippen molar-refractivity contribution in [2.45, 2.75) is 26.3 Å². The molecule has 0 radical (unpaired) electrons. The Bertz CT molecular complexity index is 363. The monoisotopic (exact) mass is 220 g/mol. The van der Waals surface area contributed by atoms with Crippen molar-refractivity contribution >= 4 is 11.6 Å². The number of rotatable bonds is 4. The van der Waals surface area contributed by atoms with Gasteiger partial charge in [0.05, 0.1) is 0 Å². The third-order valence-electron chi connectivity index (χ3n) is 2.97. The fraction of sp³-hybridized carbons (Fsp3) is 0.462. The maximum atomic E-state index is 12.1. The van der Waals surface area contributed by atoms with Gasteiger partial charge < -0.3 is 10.2 Å². The van der Waals surface area contributed by atoms with Gasteiger partial charge in [0, 0.05) is 31.4 Å². The molecule has 1 atom stereocenters. The molecule has 1 aromatic rings. The second-order valence-corrected chi connectivity index (χ2v) is 4.00. The van der Waals surface area contributed by atoms with Crippen LogP contribution in [-0.2, 0) is 0 Å². The number of anilines is 1. The third-order valence-corrected chi connectivity index (χ3v) is 2.97. The van der Waals surface area contributed by atoms with Gasteiger partial charge in [0.2, 0.25) is 0 Å². The zero-order valence-corrected chi connectivity index (χ0v) is 10.4. The van der Waals surface area contributed by atoms with Crippen LogP contribution in [0.25, 0.3) is 0 Å². The summed E-state index contributed by atoms with van der Waals surface area (Å²) < 4.78 is 0. The van der Waals surface area contributed by atoms with E-state index in [2.05, 4.69) is 19.2 Å².